The number of carbonyl (C=O) groups is 2. The number of rotatable bonds is 7. The molecule has 0 radical (unpaired) electrons. The first-order valence-electron chi connectivity index (χ1n) is 10.7. The third-order valence-electron chi connectivity index (χ3n) is 5.29. The highest BCUT2D eigenvalue weighted by atomic mass is 32.1. The first-order valence-corrected chi connectivity index (χ1v) is 11.5. The van der Waals surface area contributed by atoms with E-state index in [-0.39, 0.29) is 23.6 Å². The summed E-state index contributed by atoms with van der Waals surface area (Å²) in [6, 6.07) is 8.62. The first kappa shape index (κ1) is 23.2. The lowest BCUT2D eigenvalue weighted by molar-refractivity contribution is 0.0996. The van der Waals surface area contributed by atoms with E-state index in [1.165, 1.54) is 17.7 Å². The van der Waals surface area contributed by atoms with E-state index in [1.807, 2.05) is 17.9 Å². The van der Waals surface area contributed by atoms with Crippen molar-refractivity contribution in [3.05, 3.63) is 47.9 Å². The lowest BCUT2D eigenvalue weighted by atomic mass is 10.1. The standard InChI is InChI=1S/C22H26N8O3S/c1-13-10-18(34-29-13)28-21-19(20(23)31)24-11-17(27-21)30-9-3-4-15(12-30)26-22(32)25-14-5-7-16(33-2)8-6-14/h5-8,10-11,15H,3-4,9,12H2,1-2H3,(H2,23,31)(H,27,28)(H2,25,26,32). The van der Waals surface area contributed by atoms with Crippen LogP contribution in [0.5, 0.6) is 5.75 Å². The van der Waals surface area contributed by atoms with Crippen LogP contribution in [0.2, 0.25) is 0 Å². The van der Waals surface area contributed by atoms with Gasteiger partial charge >= 0.3 is 6.03 Å². The summed E-state index contributed by atoms with van der Waals surface area (Å²) in [5.41, 5.74) is 7.08. The number of ether oxygens (including phenoxy) is 1. The zero-order chi connectivity index (χ0) is 24.1. The number of piperidine rings is 1. The summed E-state index contributed by atoms with van der Waals surface area (Å²) < 4.78 is 9.36. The van der Waals surface area contributed by atoms with Crippen molar-refractivity contribution in [1.82, 2.24) is 19.7 Å². The van der Waals surface area contributed by atoms with Crippen molar-refractivity contribution in [3.63, 3.8) is 0 Å². The van der Waals surface area contributed by atoms with E-state index in [9.17, 15) is 9.59 Å². The van der Waals surface area contributed by atoms with Crippen LogP contribution in [0.1, 0.15) is 29.0 Å². The maximum Gasteiger partial charge on any atom is 0.319 e. The molecule has 1 atom stereocenters. The number of amides is 3. The van der Waals surface area contributed by atoms with Gasteiger partial charge in [0.15, 0.2) is 11.5 Å². The molecule has 11 nitrogen and oxygen atoms in total. The number of aromatic nitrogens is 3. The van der Waals surface area contributed by atoms with E-state index < -0.39 is 5.91 Å². The summed E-state index contributed by atoms with van der Waals surface area (Å²) in [5.74, 6) is 0.921. The molecule has 3 amide bonds. The highest BCUT2D eigenvalue weighted by Gasteiger charge is 2.24. The molecule has 0 bridgehead atoms. The van der Waals surface area contributed by atoms with Gasteiger partial charge < -0.3 is 31.3 Å². The number of anilines is 4. The maximum absolute atomic E-state index is 12.5. The number of aryl methyl sites for hydroxylation is 1. The molecule has 3 heterocycles. The Morgan fingerprint density at radius 1 is 1.26 bits per heavy atom. The topological polar surface area (TPSA) is 147 Å². The van der Waals surface area contributed by atoms with Crippen molar-refractivity contribution in [2.45, 2.75) is 25.8 Å². The van der Waals surface area contributed by atoms with E-state index in [4.69, 9.17) is 10.5 Å². The molecule has 1 unspecified atom stereocenters. The molecule has 178 valence electrons. The lowest BCUT2D eigenvalue weighted by Crippen LogP contribution is -2.49. The predicted molar refractivity (Wildman–Crippen MR) is 131 cm³/mol. The third kappa shape index (κ3) is 5.70. The Hall–Kier alpha value is -3.93. The molecule has 1 aliphatic rings. The van der Waals surface area contributed by atoms with Crippen LogP contribution in [0.4, 0.5) is 27.1 Å². The SMILES string of the molecule is COc1ccc(NC(=O)NC2CCCN(c3cnc(C(N)=O)c(Nc4cc(C)ns4)n3)C2)cc1. The summed E-state index contributed by atoms with van der Waals surface area (Å²) >= 11 is 1.26. The van der Waals surface area contributed by atoms with Crippen LogP contribution < -0.4 is 31.3 Å². The fourth-order valence-corrected chi connectivity index (χ4v) is 4.33. The molecule has 3 aromatic rings. The molecule has 1 aliphatic heterocycles. The van der Waals surface area contributed by atoms with Gasteiger partial charge in [-0.05, 0) is 61.6 Å². The number of benzene rings is 1. The van der Waals surface area contributed by atoms with Gasteiger partial charge in [0, 0.05) is 24.8 Å². The molecule has 0 saturated carbocycles. The minimum absolute atomic E-state index is 0.0559. The van der Waals surface area contributed by atoms with Gasteiger partial charge in [-0.25, -0.2) is 14.8 Å². The van der Waals surface area contributed by atoms with Gasteiger partial charge in [0.2, 0.25) is 0 Å². The van der Waals surface area contributed by atoms with Gasteiger partial charge in [-0.3, -0.25) is 4.79 Å². The van der Waals surface area contributed by atoms with Crippen LogP contribution >= 0.6 is 11.5 Å². The van der Waals surface area contributed by atoms with Crippen molar-refractivity contribution < 1.29 is 14.3 Å². The van der Waals surface area contributed by atoms with Crippen LogP contribution in [0, 0.1) is 6.92 Å². The number of methoxy groups -OCH3 is 1. The van der Waals surface area contributed by atoms with Gasteiger partial charge in [0.05, 0.1) is 19.0 Å². The average molecular weight is 483 g/mol. The maximum atomic E-state index is 12.5. The number of nitrogens with two attached hydrogens (primary N) is 1. The van der Waals surface area contributed by atoms with Crippen LogP contribution in [0.25, 0.3) is 0 Å². The largest absolute Gasteiger partial charge is 0.497 e. The molecule has 12 heteroatoms. The number of nitrogens with one attached hydrogen (secondary N) is 3. The summed E-state index contributed by atoms with van der Waals surface area (Å²) in [6.07, 6.45) is 3.23. The molecular formula is C22H26N8O3S. The van der Waals surface area contributed by atoms with E-state index >= 15 is 0 Å². The van der Waals surface area contributed by atoms with Crippen molar-refractivity contribution in [1.29, 1.82) is 0 Å². The first-order chi connectivity index (χ1) is 16.4. The Kier molecular flexibility index (Phi) is 7.07. The Morgan fingerprint density at radius 2 is 2.06 bits per heavy atom. The van der Waals surface area contributed by atoms with Crippen LogP contribution in [-0.4, -0.2) is 52.5 Å². The fraction of sp³-hybridized carbons (Fsp3) is 0.318. The molecule has 1 fully saturated rings. The number of primary amides is 1. The monoisotopic (exact) mass is 482 g/mol. The number of carbonyl (C=O) groups excluding carboxylic acids is 2. The number of hydrogen-bond acceptors (Lipinski definition) is 9. The zero-order valence-electron chi connectivity index (χ0n) is 18.9. The second-order valence-electron chi connectivity index (χ2n) is 7.86. The summed E-state index contributed by atoms with van der Waals surface area (Å²) in [5, 5.41) is 9.69. The van der Waals surface area contributed by atoms with Crippen molar-refractivity contribution in [3.8, 4) is 5.75 Å². The minimum atomic E-state index is -0.670. The molecule has 5 N–H and O–H groups in total. The molecule has 4 rings (SSSR count). The molecule has 1 aromatic carbocycles. The van der Waals surface area contributed by atoms with E-state index in [2.05, 4.69) is 30.3 Å². The zero-order valence-corrected chi connectivity index (χ0v) is 19.7. The van der Waals surface area contributed by atoms with Gasteiger partial charge in [-0.1, -0.05) is 0 Å². The van der Waals surface area contributed by atoms with Gasteiger partial charge in [-0.2, -0.15) is 4.37 Å². The second-order valence-corrected chi connectivity index (χ2v) is 8.66. The summed E-state index contributed by atoms with van der Waals surface area (Å²) in [4.78, 5) is 35.2. The van der Waals surface area contributed by atoms with Gasteiger partial charge in [-0.15, -0.1) is 0 Å². The fourth-order valence-electron chi connectivity index (χ4n) is 3.67. The quantitative estimate of drug-likeness (QED) is 0.402. The van der Waals surface area contributed by atoms with Gasteiger partial charge in [0.1, 0.15) is 16.6 Å². The molecule has 2 aromatic heterocycles. The Morgan fingerprint density at radius 3 is 2.74 bits per heavy atom. The second kappa shape index (κ2) is 10.3. The Bertz CT molecular complexity index is 1170. The smallest absolute Gasteiger partial charge is 0.319 e. The van der Waals surface area contributed by atoms with E-state index in [1.54, 1.807) is 31.4 Å². The number of hydrogen-bond donors (Lipinski definition) is 4. The molecule has 0 aliphatic carbocycles. The minimum Gasteiger partial charge on any atom is -0.497 e. The summed E-state index contributed by atoms with van der Waals surface area (Å²) in [6.45, 7) is 3.19. The van der Waals surface area contributed by atoms with Crippen molar-refractivity contribution >= 4 is 45.8 Å². The molecule has 1 saturated heterocycles. The van der Waals surface area contributed by atoms with E-state index in [0.29, 0.717) is 18.1 Å². The van der Waals surface area contributed by atoms with Crippen LogP contribution in [0.3, 0.4) is 0 Å². The molecule has 34 heavy (non-hydrogen) atoms. The highest BCUT2D eigenvalue weighted by molar-refractivity contribution is 7.10. The van der Waals surface area contributed by atoms with E-state index in [0.717, 1.165) is 35.8 Å². The number of urea groups is 1. The lowest BCUT2D eigenvalue weighted by Gasteiger charge is -2.34. The third-order valence-corrected chi connectivity index (χ3v) is 6.09. The van der Waals surface area contributed by atoms with Crippen molar-refractivity contribution in [2.75, 3.05) is 35.7 Å². The van der Waals surface area contributed by atoms with Gasteiger partial charge in [0.25, 0.3) is 5.91 Å². The van der Waals surface area contributed by atoms with Crippen LogP contribution in [0.15, 0.2) is 36.5 Å². The Balaban J connectivity index is 1.42. The predicted octanol–water partition coefficient (Wildman–Crippen LogP) is 2.88. The summed E-state index contributed by atoms with van der Waals surface area (Å²) in [7, 11) is 1.59. The molecular weight excluding hydrogens is 456 g/mol. The highest BCUT2D eigenvalue weighted by Crippen LogP contribution is 2.25. The number of nitrogens with zero attached hydrogens (tertiary/aromatic N) is 4. The average Bonchev–Trinajstić information content (AvgIpc) is 3.24. The normalized spacial score (nSPS) is 15.5. The van der Waals surface area contributed by atoms with Crippen molar-refractivity contribution in [2.24, 2.45) is 5.73 Å². The Labute approximate surface area is 200 Å². The molecule has 0 spiro atoms. The van der Waals surface area contributed by atoms with Crippen LogP contribution in [-0.2, 0) is 0 Å².